The molecule has 0 saturated heterocycles. The first-order valence-electron chi connectivity index (χ1n) is 5.18. The SMILES string of the molecule is CC1(c2ccccc2)C#CCC(N)=[N+]=C=C1. The van der Waals surface area contributed by atoms with Gasteiger partial charge in [0, 0.05) is 6.08 Å². The third-order valence-electron chi connectivity index (χ3n) is 2.55. The van der Waals surface area contributed by atoms with Gasteiger partial charge in [-0.2, -0.15) is 4.67 Å². The lowest BCUT2D eigenvalue weighted by Gasteiger charge is -2.17. The van der Waals surface area contributed by atoms with E-state index in [9.17, 15) is 0 Å². The van der Waals surface area contributed by atoms with Gasteiger partial charge in [-0.3, -0.25) is 5.73 Å². The maximum atomic E-state index is 5.60. The van der Waals surface area contributed by atoms with Gasteiger partial charge in [0.25, 0.3) is 0 Å². The van der Waals surface area contributed by atoms with Crippen LogP contribution in [0.1, 0.15) is 18.9 Å². The lowest BCUT2D eigenvalue weighted by molar-refractivity contribution is 0.794. The Morgan fingerprint density at radius 2 is 2.06 bits per heavy atom. The number of amidine groups is 1. The Kier molecular flexibility index (Phi) is 2.66. The van der Waals surface area contributed by atoms with Crippen LogP contribution in [0.3, 0.4) is 0 Å². The molecule has 1 aliphatic heterocycles. The van der Waals surface area contributed by atoms with Gasteiger partial charge in [0.2, 0.25) is 0 Å². The van der Waals surface area contributed by atoms with Crippen molar-refractivity contribution in [3.05, 3.63) is 42.0 Å². The Morgan fingerprint density at radius 1 is 1.31 bits per heavy atom. The van der Waals surface area contributed by atoms with Crippen LogP contribution in [0.15, 0.2) is 36.4 Å². The number of nitrogens with two attached hydrogens (primary N) is 1. The standard InChI is InChI=1S/C14H12N2/c1-14(12-6-3-2-4-7-12)9-5-8-13(15)16-11-10-14/h2-4,6-7,10,15H,8H2,1H3/p+1. The number of allylic oxidation sites excluding steroid dienone is 1. The number of nitrogens with zero attached hydrogens (tertiary/aromatic N) is 1. The van der Waals surface area contributed by atoms with Crippen molar-refractivity contribution >= 4 is 11.7 Å². The molecule has 1 heterocycles. The Morgan fingerprint density at radius 3 is 2.81 bits per heavy atom. The Bertz CT molecular complexity index is 547. The van der Waals surface area contributed by atoms with Crippen LogP contribution < -0.4 is 10.4 Å². The topological polar surface area (TPSA) is 40.1 Å². The zero-order valence-electron chi connectivity index (χ0n) is 9.20. The summed E-state index contributed by atoms with van der Waals surface area (Å²) in [4.78, 5) is 0. The highest BCUT2D eigenvalue weighted by atomic mass is 14.7. The van der Waals surface area contributed by atoms with Crippen molar-refractivity contribution in [3.8, 4) is 11.8 Å². The minimum atomic E-state index is -0.328. The van der Waals surface area contributed by atoms with Crippen molar-refractivity contribution in [1.29, 1.82) is 0 Å². The van der Waals surface area contributed by atoms with Gasteiger partial charge in [-0.25, -0.2) is 0 Å². The normalized spacial score (nSPS) is 22.7. The van der Waals surface area contributed by atoms with Crippen molar-refractivity contribution in [1.82, 2.24) is 4.67 Å². The van der Waals surface area contributed by atoms with E-state index in [4.69, 9.17) is 5.73 Å². The van der Waals surface area contributed by atoms with E-state index in [2.05, 4.69) is 41.4 Å². The minimum Gasteiger partial charge on any atom is -0.276 e. The van der Waals surface area contributed by atoms with E-state index in [0.29, 0.717) is 12.3 Å². The van der Waals surface area contributed by atoms with Gasteiger partial charge in [-0.15, -0.1) is 0 Å². The first-order chi connectivity index (χ1) is 7.71. The van der Waals surface area contributed by atoms with Crippen molar-refractivity contribution in [3.63, 3.8) is 0 Å². The lowest BCUT2D eigenvalue weighted by Crippen LogP contribution is -2.20. The van der Waals surface area contributed by atoms with E-state index >= 15 is 0 Å². The first-order valence-corrected chi connectivity index (χ1v) is 5.18. The van der Waals surface area contributed by atoms with Crippen molar-refractivity contribution in [2.45, 2.75) is 18.8 Å². The minimum absolute atomic E-state index is 0.328. The van der Waals surface area contributed by atoms with Crippen molar-refractivity contribution < 1.29 is 0 Å². The van der Waals surface area contributed by atoms with Gasteiger partial charge in [-0.05, 0) is 12.5 Å². The van der Waals surface area contributed by atoms with E-state index in [-0.39, 0.29) is 5.41 Å². The zero-order valence-corrected chi connectivity index (χ0v) is 9.20. The van der Waals surface area contributed by atoms with Gasteiger partial charge in [0.05, 0.1) is 5.41 Å². The second-order valence-electron chi connectivity index (χ2n) is 3.92. The van der Waals surface area contributed by atoms with Crippen LogP contribution in [-0.2, 0) is 5.41 Å². The Labute approximate surface area is 95.2 Å². The molecule has 0 saturated carbocycles. The second kappa shape index (κ2) is 4.13. The van der Waals surface area contributed by atoms with Crippen LogP contribution in [0.4, 0.5) is 0 Å². The highest BCUT2D eigenvalue weighted by Crippen LogP contribution is 2.23. The van der Waals surface area contributed by atoms with Crippen LogP contribution in [-0.4, -0.2) is 11.7 Å². The summed E-state index contributed by atoms with van der Waals surface area (Å²) in [5, 5.41) is 0. The maximum absolute atomic E-state index is 5.60. The molecule has 16 heavy (non-hydrogen) atoms. The van der Waals surface area contributed by atoms with E-state index in [1.54, 1.807) is 0 Å². The zero-order chi connectivity index (χ0) is 11.4. The first kappa shape index (κ1) is 10.3. The molecule has 0 amide bonds. The average Bonchev–Trinajstić information content (AvgIpc) is 2.28. The van der Waals surface area contributed by atoms with Crippen LogP contribution in [0.25, 0.3) is 0 Å². The Balaban J connectivity index is 2.54. The van der Waals surface area contributed by atoms with Gasteiger partial charge in [0.1, 0.15) is 6.42 Å². The predicted molar refractivity (Wildman–Crippen MR) is 67.1 cm³/mol. The predicted octanol–water partition coefficient (Wildman–Crippen LogP) is 1.00. The number of hydrogen-bond acceptors (Lipinski definition) is 1. The molecule has 1 unspecified atom stereocenters. The summed E-state index contributed by atoms with van der Waals surface area (Å²) in [5.41, 5.74) is 6.41. The summed E-state index contributed by atoms with van der Waals surface area (Å²) in [6.45, 7) is 2.05. The molecule has 2 rings (SSSR count). The molecule has 1 atom stereocenters. The maximum Gasteiger partial charge on any atom is 0.364 e. The average molecular weight is 209 g/mol. The van der Waals surface area contributed by atoms with Crippen molar-refractivity contribution in [2.75, 3.05) is 0 Å². The molecule has 0 aliphatic carbocycles. The molecular weight excluding hydrogens is 196 g/mol. The number of rotatable bonds is 1. The summed E-state index contributed by atoms with van der Waals surface area (Å²) in [7, 11) is 0. The van der Waals surface area contributed by atoms with E-state index in [0.717, 1.165) is 5.56 Å². The third-order valence-corrected chi connectivity index (χ3v) is 2.55. The molecule has 1 aromatic carbocycles. The van der Waals surface area contributed by atoms with Crippen LogP contribution in [0.2, 0.25) is 0 Å². The fourth-order valence-corrected chi connectivity index (χ4v) is 1.58. The second-order valence-corrected chi connectivity index (χ2v) is 3.92. The largest absolute Gasteiger partial charge is 0.364 e. The summed E-state index contributed by atoms with van der Waals surface area (Å²) in [5.74, 6) is 9.64. The molecule has 0 aromatic heterocycles. The molecule has 2 heteroatoms. The molecule has 2 nitrogen and oxygen atoms in total. The van der Waals surface area contributed by atoms with Crippen LogP contribution in [0.5, 0.6) is 0 Å². The van der Waals surface area contributed by atoms with Crippen molar-refractivity contribution in [2.24, 2.45) is 5.73 Å². The highest BCUT2D eigenvalue weighted by Gasteiger charge is 2.22. The fraction of sp³-hybridized carbons (Fsp3) is 0.214. The van der Waals surface area contributed by atoms with Gasteiger partial charge in [-0.1, -0.05) is 42.2 Å². The molecule has 0 radical (unpaired) electrons. The van der Waals surface area contributed by atoms with E-state index in [1.165, 1.54) is 0 Å². The quantitative estimate of drug-likeness (QED) is 0.544. The van der Waals surface area contributed by atoms with Crippen LogP contribution >= 0.6 is 0 Å². The van der Waals surface area contributed by atoms with E-state index < -0.39 is 0 Å². The molecule has 78 valence electrons. The van der Waals surface area contributed by atoms with Gasteiger partial charge >= 0.3 is 5.84 Å². The molecule has 2 N–H and O–H groups in total. The summed E-state index contributed by atoms with van der Waals surface area (Å²) in [6, 6.07) is 10.1. The van der Waals surface area contributed by atoms with Gasteiger partial charge in [0.15, 0.2) is 5.87 Å². The monoisotopic (exact) mass is 209 g/mol. The molecule has 0 fully saturated rings. The summed E-state index contributed by atoms with van der Waals surface area (Å²) >= 11 is 0. The summed E-state index contributed by atoms with van der Waals surface area (Å²) < 4.78 is 3.99. The Hall–Kier alpha value is -2.19. The van der Waals surface area contributed by atoms with E-state index in [1.807, 2.05) is 24.3 Å². The highest BCUT2D eigenvalue weighted by molar-refractivity contribution is 5.84. The molecule has 0 spiro atoms. The molecular formula is C14H13N2+. The van der Waals surface area contributed by atoms with Gasteiger partial charge < -0.3 is 0 Å². The molecule has 1 aromatic rings. The number of hydrogen-bond donors (Lipinski definition) is 1. The molecule has 0 bridgehead atoms. The smallest absolute Gasteiger partial charge is 0.276 e. The molecule has 1 aliphatic rings. The van der Waals surface area contributed by atoms with Crippen LogP contribution in [0, 0.1) is 11.8 Å². The lowest BCUT2D eigenvalue weighted by atomic mass is 9.83. The number of benzene rings is 1. The third kappa shape index (κ3) is 2.07. The fourth-order valence-electron chi connectivity index (χ4n) is 1.58. The summed E-state index contributed by atoms with van der Waals surface area (Å²) in [6.07, 6.45) is 2.37.